The Morgan fingerprint density at radius 2 is 2.35 bits per heavy atom. The van der Waals surface area contributed by atoms with Gasteiger partial charge in [0.15, 0.2) is 0 Å². The first kappa shape index (κ1) is 15.5. The lowest BCUT2D eigenvalue weighted by atomic mass is 9.88. The van der Waals surface area contributed by atoms with E-state index in [1.165, 1.54) is 4.88 Å². The molecule has 1 unspecified atom stereocenters. The topological polar surface area (TPSA) is 41.1 Å². The highest BCUT2D eigenvalue weighted by atomic mass is 32.1. The molecule has 3 nitrogen and oxygen atoms in total. The maximum Gasteiger partial charge on any atom is 0.240 e. The molecule has 20 heavy (non-hydrogen) atoms. The average molecular weight is 294 g/mol. The minimum atomic E-state index is -0.319. The van der Waals surface area contributed by atoms with Gasteiger partial charge >= 0.3 is 0 Å². The van der Waals surface area contributed by atoms with Gasteiger partial charge in [-0.05, 0) is 37.3 Å². The van der Waals surface area contributed by atoms with Crippen molar-refractivity contribution in [3.63, 3.8) is 0 Å². The van der Waals surface area contributed by atoms with Gasteiger partial charge in [-0.15, -0.1) is 11.3 Å². The van der Waals surface area contributed by atoms with Crippen molar-refractivity contribution >= 4 is 17.2 Å². The third kappa shape index (κ3) is 3.23. The lowest BCUT2D eigenvalue weighted by molar-refractivity contribution is -0.127. The summed E-state index contributed by atoms with van der Waals surface area (Å²) in [6, 6.07) is 4.22. The smallest absolute Gasteiger partial charge is 0.240 e. The molecule has 0 aliphatic carbocycles. The predicted molar refractivity (Wildman–Crippen MR) is 85.2 cm³/mol. The van der Waals surface area contributed by atoms with Crippen molar-refractivity contribution < 1.29 is 4.79 Å². The molecule has 4 heteroatoms. The van der Waals surface area contributed by atoms with E-state index in [-0.39, 0.29) is 16.9 Å². The number of carbonyl (C=O) groups excluding carboxylic acids is 1. The van der Waals surface area contributed by atoms with Crippen LogP contribution in [-0.4, -0.2) is 24.5 Å². The van der Waals surface area contributed by atoms with Crippen molar-refractivity contribution in [2.45, 2.75) is 57.4 Å². The standard InChI is InChI=1S/C16H26N2OS/c1-4-8-16(9-6-10-18-16)14(19)17-12-15(2,3)13-7-5-11-20-13/h5,7,11,18H,4,6,8-10,12H2,1-3H3,(H,17,19). The number of thiophene rings is 1. The molecule has 1 aromatic heterocycles. The molecular formula is C16H26N2OS. The van der Waals surface area contributed by atoms with Crippen molar-refractivity contribution in [3.05, 3.63) is 22.4 Å². The van der Waals surface area contributed by atoms with Crippen molar-refractivity contribution in [1.29, 1.82) is 0 Å². The van der Waals surface area contributed by atoms with Crippen LogP contribution >= 0.6 is 11.3 Å². The molecule has 2 rings (SSSR count). The van der Waals surface area contributed by atoms with Crippen molar-refractivity contribution in [3.8, 4) is 0 Å². The molecule has 0 bridgehead atoms. The molecule has 0 aromatic carbocycles. The maximum absolute atomic E-state index is 12.6. The molecule has 0 spiro atoms. The van der Waals surface area contributed by atoms with Gasteiger partial charge in [-0.1, -0.05) is 33.3 Å². The Labute approximate surface area is 126 Å². The summed E-state index contributed by atoms with van der Waals surface area (Å²) in [6.07, 6.45) is 4.03. The molecule has 1 atom stereocenters. The molecular weight excluding hydrogens is 268 g/mol. The second-order valence-electron chi connectivity index (χ2n) is 6.41. The molecule has 0 radical (unpaired) electrons. The molecule has 1 aromatic rings. The largest absolute Gasteiger partial charge is 0.354 e. The number of rotatable bonds is 6. The monoisotopic (exact) mass is 294 g/mol. The Morgan fingerprint density at radius 1 is 1.55 bits per heavy atom. The second-order valence-corrected chi connectivity index (χ2v) is 7.35. The predicted octanol–water partition coefficient (Wildman–Crippen LogP) is 3.06. The highest BCUT2D eigenvalue weighted by Gasteiger charge is 2.40. The van der Waals surface area contributed by atoms with Crippen LogP contribution in [0.4, 0.5) is 0 Å². The SMILES string of the molecule is CCCC1(C(=O)NCC(C)(C)c2cccs2)CCCN1. The van der Waals surface area contributed by atoms with Gasteiger partial charge in [0.05, 0.1) is 5.54 Å². The lowest BCUT2D eigenvalue weighted by Gasteiger charge is -2.31. The Balaban J connectivity index is 1.97. The van der Waals surface area contributed by atoms with Crippen LogP contribution in [0.5, 0.6) is 0 Å². The zero-order valence-electron chi connectivity index (χ0n) is 12.8. The van der Waals surface area contributed by atoms with Crippen molar-refractivity contribution in [2.75, 3.05) is 13.1 Å². The third-order valence-electron chi connectivity index (χ3n) is 4.23. The molecule has 2 heterocycles. The number of nitrogens with one attached hydrogen (secondary N) is 2. The molecule has 1 aliphatic heterocycles. The first-order chi connectivity index (χ1) is 9.50. The number of carbonyl (C=O) groups is 1. The van der Waals surface area contributed by atoms with Crippen molar-refractivity contribution in [1.82, 2.24) is 10.6 Å². The minimum Gasteiger partial charge on any atom is -0.354 e. The summed E-state index contributed by atoms with van der Waals surface area (Å²) in [7, 11) is 0. The molecule has 1 amide bonds. The fraction of sp³-hybridized carbons (Fsp3) is 0.688. The summed E-state index contributed by atoms with van der Waals surface area (Å²) in [5.41, 5.74) is -0.323. The molecule has 1 saturated heterocycles. The number of hydrogen-bond acceptors (Lipinski definition) is 3. The molecule has 112 valence electrons. The fourth-order valence-corrected chi connectivity index (χ4v) is 3.83. The van der Waals surface area contributed by atoms with E-state index in [9.17, 15) is 4.79 Å². The van der Waals surface area contributed by atoms with E-state index in [1.54, 1.807) is 11.3 Å². The van der Waals surface area contributed by atoms with E-state index in [1.807, 2.05) is 0 Å². The number of amides is 1. The van der Waals surface area contributed by atoms with Crippen molar-refractivity contribution in [2.24, 2.45) is 0 Å². The molecule has 1 fully saturated rings. The Morgan fingerprint density at radius 3 is 2.90 bits per heavy atom. The van der Waals surface area contributed by atoms with E-state index in [2.05, 4.69) is 48.9 Å². The molecule has 1 aliphatic rings. The van der Waals surface area contributed by atoms with Gasteiger partial charge in [0, 0.05) is 16.8 Å². The van der Waals surface area contributed by atoms with E-state index < -0.39 is 0 Å². The van der Waals surface area contributed by atoms with Gasteiger partial charge < -0.3 is 10.6 Å². The van der Waals surface area contributed by atoms with E-state index in [4.69, 9.17) is 0 Å². The summed E-state index contributed by atoms with van der Waals surface area (Å²) in [4.78, 5) is 13.9. The van der Waals surface area contributed by atoms with Crippen LogP contribution in [0.25, 0.3) is 0 Å². The second kappa shape index (κ2) is 6.27. The summed E-state index contributed by atoms with van der Waals surface area (Å²) in [6.45, 7) is 8.17. The Bertz CT molecular complexity index is 433. The first-order valence-corrected chi connectivity index (χ1v) is 8.45. The first-order valence-electron chi connectivity index (χ1n) is 7.57. The van der Waals surface area contributed by atoms with Crippen LogP contribution in [0.2, 0.25) is 0 Å². The minimum absolute atomic E-state index is 0.00413. The van der Waals surface area contributed by atoms with Crippen LogP contribution in [0.1, 0.15) is 51.3 Å². The Kier molecular flexibility index (Phi) is 4.86. The summed E-state index contributed by atoms with van der Waals surface area (Å²) < 4.78 is 0. The van der Waals surface area contributed by atoms with Gasteiger partial charge in [-0.25, -0.2) is 0 Å². The van der Waals surface area contributed by atoms with Gasteiger partial charge in [0.2, 0.25) is 5.91 Å². The molecule has 0 saturated carbocycles. The average Bonchev–Trinajstić information content (AvgIpc) is 3.08. The normalized spacial score (nSPS) is 22.9. The summed E-state index contributed by atoms with van der Waals surface area (Å²) in [5.74, 6) is 0.182. The lowest BCUT2D eigenvalue weighted by Crippen LogP contribution is -2.55. The quantitative estimate of drug-likeness (QED) is 0.846. The van der Waals surface area contributed by atoms with Crippen LogP contribution in [0.15, 0.2) is 17.5 Å². The third-order valence-corrected chi connectivity index (χ3v) is 5.47. The summed E-state index contributed by atoms with van der Waals surface area (Å²) >= 11 is 1.76. The van der Waals surface area contributed by atoms with E-state index in [0.717, 1.165) is 32.2 Å². The number of hydrogen-bond donors (Lipinski definition) is 2. The maximum atomic E-state index is 12.6. The highest BCUT2D eigenvalue weighted by molar-refractivity contribution is 7.10. The van der Waals surface area contributed by atoms with Gasteiger partial charge in [0.1, 0.15) is 0 Å². The fourth-order valence-electron chi connectivity index (χ4n) is 2.97. The van der Waals surface area contributed by atoms with Gasteiger partial charge in [0.25, 0.3) is 0 Å². The zero-order valence-corrected chi connectivity index (χ0v) is 13.6. The van der Waals surface area contributed by atoms with Gasteiger partial charge in [-0.2, -0.15) is 0 Å². The van der Waals surface area contributed by atoms with Crippen LogP contribution < -0.4 is 10.6 Å². The molecule has 2 N–H and O–H groups in total. The van der Waals surface area contributed by atoms with E-state index >= 15 is 0 Å². The van der Waals surface area contributed by atoms with Crippen LogP contribution in [0, 0.1) is 0 Å². The van der Waals surface area contributed by atoms with E-state index in [0.29, 0.717) is 6.54 Å². The Hall–Kier alpha value is -0.870. The zero-order chi connectivity index (χ0) is 14.6. The van der Waals surface area contributed by atoms with Crippen LogP contribution in [-0.2, 0) is 10.2 Å². The van der Waals surface area contributed by atoms with Gasteiger partial charge in [-0.3, -0.25) is 4.79 Å². The van der Waals surface area contributed by atoms with Crippen LogP contribution in [0.3, 0.4) is 0 Å². The summed E-state index contributed by atoms with van der Waals surface area (Å²) in [5, 5.41) is 8.71. The highest BCUT2D eigenvalue weighted by Crippen LogP contribution is 2.28.